The van der Waals surface area contributed by atoms with Crippen molar-refractivity contribution in [1.82, 2.24) is 0 Å². The van der Waals surface area contributed by atoms with Gasteiger partial charge in [-0.1, -0.05) is 24.3 Å². The van der Waals surface area contributed by atoms with Crippen LogP contribution < -0.4 is 23.2 Å². The Balaban J connectivity index is 0.000000686. The lowest BCUT2D eigenvalue weighted by atomic mass is 10.0. The van der Waals surface area contributed by atoms with Gasteiger partial charge in [0.1, 0.15) is 0 Å². The highest BCUT2D eigenvalue weighted by atomic mass is 15.0. The van der Waals surface area contributed by atoms with E-state index in [0.29, 0.717) is 0 Å². The van der Waals surface area contributed by atoms with Crippen molar-refractivity contribution < 1.29 is 0 Å². The van der Waals surface area contributed by atoms with Crippen LogP contribution in [0.2, 0.25) is 0 Å². The van der Waals surface area contributed by atoms with Crippen LogP contribution in [0.1, 0.15) is 11.1 Å². The molecule has 2 aromatic carbocycles. The highest BCUT2D eigenvalue weighted by Gasteiger charge is 1.95. The summed E-state index contributed by atoms with van der Waals surface area (Å²) in [5, 5.41) is 0. The van der Waals surface area contributed by atoms with E-state index in [9.17, 15) is 0 Å². The van der Waals surface area contributed by atoms with E-state index in [2.05, 4.69) is 11.7 Å². The lowest BCUT2D eigenvalue weighted by Gasteiger charge is -2.02. The zero-order chi connectivity index (χ0) is 12.7. The molecule has 0 bridgehead atoms. The number of hydrazine groups is 1. The largest absolute Gasteiger partial charge is 0.399 e. The molecule has 90 valence electrons. The normalized spacial score (nSPS) is 9.29. The summed E-state index contributed by atoms with van der Waals surface area (Å²) in [4.78, 5) is 0. The maximum Gasteiger partial charge on any atom is 0.0314 e. The Morgan fingerprint density at radius 3 is 1.18 bits per heavy atom. The maximum atomic E-state index is 5.62. The van der Waals surface area contributed by atoms with Crippen LogP contribution in [0.15, 0.2) is 48.5 Å². The molecule has 0 spiro atoms. The molecule has 0 atom stereocenters. The van der Waals surface area contributed by atoms with Gasteiger partial charge >= 0.3 is 0 Å². The lowest BCUT2D eigenvalue weighted by molar-refractivity contribution is 1.19. The molecule has 0 aromatic heterocycles. The summed E-state index contributed by atoms with van der Waals surface area (Å²) in [6.45, 7) is 0. The monoisotopic (exact) mass is 230 g/mol. The van der Waals surface area contributed by atoms with Crippen LogP contribution in [0.4, 0.5) is 11.4 Å². The Bertz CT molecular complexity index is 390. The summed E-state index contributed by atoms with van der Waals surface area (Å²) < 4.78 is 0. The van der Waals surface area contributed by atoms with Crippen LogP contribution >= 0.6 is 0 Å². The predicted octanol–water partition coefficient (Wildman–Crippen LogP) is 1.26. The smallest absolute Gasteiger partial charge is 0.0314 e. The number of nitrogen functional groups attached to an aromatic ring is 2. The van der Waals surface area contributed by atoms with E-state index < -0.39 is 0 Å². The van der Waals surface area contributed by atoms with Gasteiger partial charge in [0.25, 0.3) is 0 Å². The van der Waals surface area contributed by atoms with E-state index in [1.165, 1.54) is 11.1 Å². The molecule has 2 rings (SSSR count). The molecule has 0 saturated carbocycles. The third-order valence-electron chi connectivity index (χ3n) is 2.37. The fourth-order valence-corrected chi connectivity index (χ4v) is 1.51. The highest BCUT2D eigenvalue weighted by Crippen LogP contribution is 2.13. The quantitative estimate of drug-likeness (QED) is 0.354. The van der Waals surface area contributed by atoms with Crippen molar-refractivity contribution in [3.63, 3.8) is 0 Å². The number of hydrogen-bond donors (Lipinski definition) is 4. The molecular weight excluding hydrogens is 212 g/mol. The summed E-state index contributed by atoms with van der Waals surface area (Å²) >= 11 is 0. The number of hydrogen-bond acceptors (Lipinski definition) is 4. The van der Waals surface area contributed by atoms with Crippen LogP contribution in [0.5, 0.6) is 0 Å². The Hall–Kier alpha value is -2.04. The van der Waals surface area contributed by atoms with Gasteiger partial charge in [0.15, 0.2) is 0 Å². The zero-order valence-corrected chi connectivity index (χ0v) is 9.64. The fraction of sp³-hybridized carbons (Fsp3) is 0.0769. The topological polar surface area (TPSA) is 104 Å². The Labute approximate surface area is 101 Å². The summed E-state index contributed by atoms with van der Waals surface area (Å²) in [7, 11) is 0. The van der Waals surface area contributed by atoms with Gasteiger partial charge in [-0.15, -0.1) is 0 Å². The molecule has 4 nitrogen and oxygen atoms in total. The third kappa shape index (κ3) is 4.14. The lowest BCUT2D eigenvalue weighted by Crippen LogP contribution is -2.02. The zero-order valence-electron chi connectivity index (χ0n) is 9.64. The Morgan fingerprint density at radius 2 is 0.882 bits per heavy atom. The van der Waals surface area contributed by atoms with E-state index in [-0.39, 0.29) is 0 Å². The second-order valence-electron chi connectivity index (χ2n) is 3.66. The first-order chi connectivity index (χ1) is 8.24. The molecule has 0 unspecified atom stereocenters. The number of benzene rings is 2. The van der Waals surface area contributed by atoms with E-state index in [4.69, 9.17) is 11.5 Å². The molecule has 0 aliphatic carbocycles. The van der Waals surface area contributed by atoms with E-state index in [1.54, 1.807) is 0 Å². The maximum absolute atomic E-state index is 5.62. The number of anilines is 2. The average molecular weight is 230 g/mol. The molecule has 0 amide bonds. The predicted molar refractivity (Wildman–Crippen MR) is 72.9 cm³/mol. The van der Waals surface area contributed by atoms with Gasteiger partial charge in [0, 0.05) is 11.4 Å². The van der Waals surface area contributed by atoms with Crippen LogP contribution in [-0.4, -0.2) is 0 Å². The molecule has 0 radical (unpaired) electrons. The van der Waals surface area contributed by atoms with Crippen LogP contribution in [0, 0.1) is 0 Å². The Kier molecular flexibility index (Phi) is 5.00. The molecular formula is C13H18N4. The van der Waals surface area contributed by atoms with Gasteiger partial charge < -0.3 is 11.5 Å². The first-order valence-corrected chi connectivity index (χ1v) is 5.26. The minimum atomic E-state index is 0.802. The molecule has 2 aromatic rings. The van der Waals surface area contributed by atoms with Gasteiger partial charge in [-0.2, -0.15) is 0 Å². The first kappa shape index (κ1) is 13.0. The molecule has 0 aliphatic heterocycles. The summed E-state index contributed by atoms with van der Waals surface area (Å²) in [6.07, 6.45) is 0.917. The summed E-state index contributed by atoms with van der Waals surface area (Å²) in [5.74, 6) is 8.00. The summed E-state index contributed by atoms with van der Waals surface area (Å²) in [6, 6.07) is 15.9. The molecule has 0 fully saturated rings. The number of rotatable bonds is 2. The van der Waals surface area contributed by atoms with Gasteiger partial charge in [0.2, 0.25) is 0 Å². The average Bonchev–Trinajstić information content (AvgIpc) is 2.37. The van der Waals surface area contributed by atoms with Crippen molar-refractivity contribution in [3.8, 4) is 0 Å². The van der Waals surface area contributed by atoms with Gasteiger partial charge in [-0.3, -0.25) is 11.7 Å². The van der Waals surface area contributed by atoms with Gasteiger partial charge in [-0.25, -0.2) is 0 Å². The molecule has 4 heteroatoms. The van der Waals surface area contributed by atoms with Crippen molar-refractivity contribution in [2.45, 2.75) is 6.42 Å². The minimum absolute atomic E-state index is 0.802. The van der Waals surface area contributed by atoms with Gasteiger partial charge in [-0.05, 0) is 41.8 Å². The van der Waals surface area contributed by atoms with Gasteiger partial charge in [0.05, 0.1) is 0 Å². The molecule has 0 saturated heterocycles. The van der Waals surface area contributed by atoms with Crippen LogP contribution in [0.3, 0.4) is 0 Å². The number of nitrogens with two attached hydrogens (primary N) is 4. The third-order valence-corrected chi connectivity index (χ3v) is 2.37. The second kappa shape index (κ2) is 6.52. The summed E-state index contributed by atoms with van der Waals surface area (Å²) in [5.41, 5.74) is 15.4. The van der Waals surface area contributed by atoms with E-state index in [1.807, 2.05) is 48.5 Å². The van der Waals surface area contributed by atoms with Crippen molar-refractivity contribution in [3.05, 3.63) is 59.7 Å². The molecule has 17 heavy (non-hydrogen) atoms. The van der Waals surface area contributed by atoms with Crippen molar-refractivity contribution in [1.29, 1.82) is 0 Å². The van der Waals surface area contributed by atoms with Crippen LogP contribution in [0.25, 0.3) is 0 Å². The fourth-order valence-electron chi connectivity index (χ4n) is 1.51. The van der Waals surface area contributed by atoms with E-state index in [0.717, 1.165) is 17.8 Å². The first-order valence-electron chi connectivity index (χ1n) is 5.26. The van der Waals surface area contributed by atoms with Crippen LogP contribution in [-0.2, 0) is 6.42 Å². The Morgan fingerprint density at radius 1 is 0.588 bits per heavy atom. The molecule has 0 heterocycles. The molecule has 0 aliphatic rings. The SMILES string of the molecule is NN.Nc1ccc(Cc2ccc(N)cc2)cc1. The van der Waals surface area contributed by atoms with Crippen molar-refractivity contribution in [2.24, 2.45) is 11.7 Å². The molecule has 8 N–H and O–H groups in total. The van der Waals surface area contributed by atoms with Crippen molar-refractivity contribution >= 4 is 11.4 Å². The highest BCUT2D eigenvalue weighted by molar-refractivity contribution is 5.43. The minimum Gasteiger partial charge on any atom is -0.399 e. The van der Waals surface area contributed by atoms with Crippen molar-refractivity contribution in [2.75, 3.05) is 11.5 Å². The van der Waals surface area contributed by atoms with E-state index >= 15 is 0 Å². The second-order valence-corrected chi connectivity index (χ2v) is 3.66. The standard InChI is InChI=1S/C13H14N2.H4N2/c14-12-5-1-10(2-6-12)9-11-3-7-13(15)8-4-11;1-2/h1-8H,9,14-15H2;1-2H2.